The fourth-order valence-corrected chi connectivity index (χ4v) is 3.50. The monoisotopic (exact) mass is 393 g/mol. The molecule has 3 aromatic rings. The largest absolute Gasteiger partial charge is 0.383 e. The van der Waals surface area contributed by atoms with E-state index < -0.39 is 0 Å². The number of nitrogen functional groups attached to an aromatic ring is 1. The van der Waals surface area contributed by atoms with Gasteiger partial charge < -0.3 is 15.4 Å². The summed E-state index contributed by atoms with van der Waals surface area (Å²) in [7, 11) is 1.68. The minimum Gasteiger partial charge on any atom is -0.383 e. The molecule has 0 unspecified atom stereocenters. The minimum atomic E-state index is -0.234. The maximum absolute atomic E-state index is 13.0. The number of rotatable bonds is 3. The third-order valence-corrected chi connectivity index (χ3v) is 5.06. The molecule has 2 aromatic heterocycles. The summed E-state index contributed by atoms with van der Waals surface area (Å²) >= 11 is 6.38. The number of nitrogens with zero attached hydrogens (tertiary/aromatic N) is 4. The minimum absolute atomic E-state index is 0.234. The second-order valence-electron chi connectivity index (χ2n) is 6.61. The van der Waals surface area contributed by atoms with Crippen LogP contribution in [0.15, 0.2) is 30.5 Å². The molecule has 0 aliphatic carbocycles. The van der Waals surface area contributed by atoms with Crippen LogP contribution in [0.2, 0.25) is 5.02 Å². The number of aromatic nitrogens is 2. The molecule has 0 spiro atoms. The predicted octanol–water partition coefficient (Wildman–Crippen LogP) is 3.04. The van der Waals surface area contributed by atoms with Crippen LogP contribution >= 0.6 is 11.6 Å². The van der Waals surface area contributed by atoms with Crippen LogP contribution in [0.5, 0.6) is 0 Å². The zero-order valence-corrected chi connectivity index (χ0v) is 15.8. The summed E-state index contributed by atoms with van der Waals surface area (Å²) in [5.74, 6) is 0.196. The molecule has 0 saturated carbocycles. The maximum Gasteiger partial charge on any atom is 0.255 e. The van der Waals surface area contributed by atoms with Crippen LogP contribution in [0.1, 0.15) is 32.7 Å². The lowest BCUT2D eigenvalue weighted by Crippen LogP contribution is -2.27. The van der Waals surface area contributed by atoms with Crippen LogP contribution in [-0.4, -0.2) is 27.8 Å². The van der Waals surface area contributed by atoms with Crippen molar-refractivity contribution in [2.75, 3.05) is 12.8 Å². The summed E-state index contributed by atoms with van der Waals surface area (Å²) in [4.78, 5) is 23.1. The van der Waals surface area contributed by atoms with Gasteiger partial charge >= 0.3 is 0 Å². The number of amides is 1. The zero-order chi connectivity index (χ0) is 19.8. The van der Waals surface area contributed by atoms with Gasteiger partial charge in [-0.3, -0.25) is 9.78 Å². The van der Waals surface area contributed by atoms with E-state index in [1.165, 1.54) is 11.1 Å². The zero-order valence-electron chi connectivity index (χ0n) is 15.1. The average molecular weight is 394 g/mol. The van der Waals surface area contributed by atoms with E-state index in [-0.39, 0.29) is 5.91 Å². The summed E-state index contributed by atoms with van der Waals surface area (Å²) in [6.07, 6.45) is 1.48. The molecule has 4 rings (SSSR count). The first-order chi connectivity index (χ1) is 13.5. The number of benzene rings is 1. The number of carbonyl (C=O) groups excluding carboxylic acids is 1. The third kappa shape index (κ3) is 3.13. The van der Waals surface area contributed by atoms with Gasteiger partial charge in [0, 0.05) is 24.2 Å². The van der Waals surface area contributed by atoms with E-state index in [1.807, 2.05) is 6.07 Å². The molecule has 0 saturated heterocycles. The lowest BCUT2D eigenvalue weighted by Gasteiger charge is -2.18. The second-order valence-corrected chi connectivity index (χ2v) is 7.01. The molecule has 3 heterocycles. The number of ether oxygens (including phenoxy) is 1. The molecular formula is C20H16ClN5O2. The first-order valence-electron chi connectivity index (χ1n) is 8.56. The SMILES string of the molecule is CN(Cc1ccc(C#N)cn1)C(=O)c1cc2c3c(c(N)nc2cc1Cl)COC3. The standard InChI is InChI=1S/C20H16ClN5O2/c1-26(8-12-3-2-11(6-22)7-24-12)20(27)14-4-13-15-9-28-10-16(15)19(23)25-18(13)5-17(14)21/h2-5,7H,8-10H2,1H3,(H2,23,25). The third-order valence-electron chi connectivity index (χ3n) is 4.75. The molecule has 8 heteroatoms. The number of nitriles is 1. The Kier molecular flexibility index (Phi) is 4.59. The summed E-state index contributed by atoms with van der Waals surface area (Å²) in [5.41, 5.74) is 9.98. The molecule has 2 N–H and O–H groups in total. The Morgan fingerprint density at radius 1 is 1.36 bits per heavy atom. The van der Waals surface area contributed by atoms with Gasteiger partial charge in [0.25, 0.3) is 5.91 Å². The van der Waals surface area contributed by atoms with Crippen molar-refractivity contribution in [1.29, 1.82) is 5.26 Å². The number of carbonyl (C=O) groups is 1. The smallest absolute Gasteiger partial charge is 0.255 e. The highest BCUT2D eigenvalue weighted by Gasteiger charge is 2.23. The second kappa shape index (κ2) is 7.08. The summed E-state index contributed by atoms with van der Waals surface area (Å²) in [5, 5.41) is 9.98. The highest BCUT2D eigenvalue weighted by atomic mass is 35.5. The molecular weight excluding hydrogens is 378 g/mol. The molecule has 1 aliphatic rings. The van der Waals surface area contributed by atoms with Gasteiger partial charge in [-0.05, 0) is 29.8 Å². The van der Waals surface area contributed by atoms with E-state index in [0.29, 0.717) is 52.9 Å². The van der Waals surface area contributed by atoms with Crippen molar-refractivity contribution < 1.29 is 9.53 Å². The van der Waals surface area contributed by atoms with Gasteiger partial charge in [-0.1, -0.05) is 11.6 Å². The number of anilines is 1. The van der Waals surface area contributed by atoms with Crippen molar-refractivity contribution in [3.05, 3.63) is 63.4 Å². The van der Waals surface area contributed by atoms with Crippen LogP contribution in [0, 0.1) is 11.3 Å². The van der Waals surface area contributed by atoms with Crippen molar-refractivity contribution in [1.82, 2.24) is 14.9 Å². The van der Waals surface area contributed by atoms with Gasteiger partial charge in [0.05, 0.1) is 47.1 Å². The Morgan fingerprint density at radius 3 is 2.86 bits per heavy atom. The first-order valence-corrected chi connectivity index (χ1v) is 8.94. The Labute approximate surface area is 166 Å². The Morgan fingerprint density at radius 2 is 2.14 bits per heavy atom. The summed E-state index contributed by atoms with van der Waals surface area (Å²) in [6.45, 7) is 1.14. The van der Waals surface area contributed by atoms with Crippen molar-refractivity contribution in [2.45, 2.75) is 19.8 Å². The molecule has 0 atom stereocenters. The maximum atomic E-state index is 13.0. The fraction of sp³-hybridized carbons (Fsp3) is 0.200. The van der Waals surface area contributed by atoms with Gasteiger partial charge in [0.15, 0.2) is 0 Å². The van der Waals surface area contributed by atoms with Gasteiger partial charge in [0.2, 0.25) is 0 Å². The van der Waals surface area contributed by atoms with Crippen LogP contribution in [-0.2, 0) is 24.5 Å². The highest BCUT2D eigenvalue weighted by molar-refractivity contribution is 6.34. The Bertz CT molecular complexity index is 1140. The Balaban J connectivity index is 1.67. The molecule has 0 bridgehead atoms. The van der Waals surface area contributed by atoms with E-state index in [1.54, 1.807) is 31.3 Å². The average Bonchev–Trinajstić information content (AvgIpc) is 3.18. The van der Waals surface area contributed by atoms with Gasteiger partial charge in [-0.25, -0.2) is 4.98 Å². The topological polar surface area (TPSA) is 105 Å². The van der Waals surface area contributed by atoms with Crippen LogP contribution < -0.4 is 5.73 Å². The molecule has 28 heavy (non-hydrogen) atoms. The van der Waals surface area contributed by atoms with E-state index in [0.717, 1.165) is 16.5 Å². The molecule has 1 aliphatic heterocycles. The number of hydrogen-bond acceptors (Lipinski definition) is 6. The van der Waals surface area contributed by atoms with E-state index in [2.05, 4.69) is 9.97 Å². The molecule has 140 valence electrons. The number of hydrogen-bond donors (Lipinski definition) is 1. The quantitative estimate of drug-likeness (QED) is 0.733. The van der Waals surface area contributed by atoms with Gasteiger partial charge in [0.1, 0.15) is 11.9 Å². The summed E-state index contributed by atoms with van der Waals surface area (Å²) in [6, 6.07) is 8.82. The van der Waals surface area contributed by atoms with Crippen molar-refractivity contribution in [2.24, 2.45) is 0 Å². The van der Waals surface area contributed by atoms with Crippen LogP contribution in [0.25, 0.3) is 10.9 Å². The number of pyridine rings is 2. The molecule has 0 radical (unpaired) electrons. The van der Waals surface area contributed by atoms with Crippen molar-refractivity contribution in [3.8, 4) is 6.07 Å². The molecule has 0 fully saturated rings. The normalized spacial score (nSPS) is 12.6. The van der Waals surface area contributed by atoms with Crippen LogP contribution in [0.4, 0.5) is 5.82 Å². The summed E-state index contributed by atoms with van der Waals surface area (Å²) < 4.78 is 5.50. The first kappa shape index (κ1) is 18.2. The predicted molar refractivity (Wildman–Crippen MR) is 104 cm³/mol. The molecule has 1 aromatic carbocycles. The van der Waals surface area contributed by atoms with Gasteiger partial charge in [-0.15, -0.1) is 0 Å². The van der Waals surface area contributed by atoms with Crippen molar-refractivity contribution in [3.63, 3.8) is 0 Å². The van der Waals surface area contributed by atoms with Crippen LogP contribution in [0.3, 0.4) is 0 Å². The highest BCUT2D eigenvalue weighted by Crippen LogP contribution is 2.34. The number of halogens is 1. The molecule has 1 amide bonds. The molecule has 7 nitrogen and oxygen atoms in total. The lowest BCUT2D eigenvalue weighted by molar-refractivity contribution is 0.0783. The number of nitrogens with two attached hydrogens (primary N) is 1. The fourth-order valence-electron chi connectivity index (χ4n) is 3.26. The van der Waals surface area contributed by atoms with Crippen molar-refractivity contribution >= 4 is 34.2 Å². The van der Waals surface area contributed by atoms with E-state index >= 15 is 0 Å². The van der Waals surface area contributed by atoms with Gasteiger partial charge in [-0.2, -0.15) is 5.26 Å². The Hall–Kier alpha value is -3.21. The van der Waals surface area contributed by atoms with E-state index in [4.69, 9.17) is 27.3 Å². The number of fused-ring (bicyclic) bond motifs is 3. The lowest BCUT2D eigenvalue weighted by atomic mass is 10.0. The van der Waals surface area contributed by atoms with E-state index in [9.17, 15) is 4.79 Å².